The lowest BCUT2D eigenvalue weighted by Crippen LogP contribution is -2.45. The summed E-state index contributed by atoms with van der Waals surface area (Å²) < 4.78 is 27.0. The van der Waals surface area contributed by atoms with E-state index in [2.05, 4.69) is 0 Å². The first-order chi connectivity index (χ1) is 10.5. The fraction of sp³-hybridized carbons (Fsp3) is 0.562. The van der Waals surface area contributed by atoms with Crippen molar-refractivity contribution in [2.75, 3.05) is 31.1 Å². The molecule has 0 aliphatic carbocycles. The van der Waals surface area contributed by atoms with E-state index in [0.717, 1.165) is 24.1 Å². The fourth-order valence-electron chi connectivity index (χ4n) is 3.38. The van der Waals surface area contributed by atoms with Crippen molar-refractivity contribution in [2.24, 2.45) is 0 Å². The maximum atomic E-state index is 13.5. The second-order valence-corrected chi connectivity index (χ2v) is 6.08. The van der Waals surface area contributed by atoms with Crippen molar-refractivity contribution in [1.82, 2.24) is 4.90 Å². The average Bonchev–Trinajstić information content (AvgIpc) is 2.80. The number of carbonyl (C=O) groups is 1. The highest BCUT2D eigenvalue weighted by Gasteiger charge is 2.45. The Balaban J connectivity index is 1.73. The summed E-state index contributed by atoms with van der Waals surface area (Å²) in [6.07, 6.45) is 1.43. The van der Waals surface area contributed by atoms with E-state index in [4.69, 9.17) is 0 Å². The number of carbonyl (C=O) groups excluding carboxylic acids is 1. The van der Waals surface area contributed by atoms with Crippen LogP contribution in [-0.4, -0.2) is 54.1 Å². The van der Waals surface area contributed by atoms with Crippen molar-refractivity contribution in [1.29, 1.82) is 0 Å². The average molecular weight is 310 g/mol. The van der Waals surface area contributed by atoms with Crippen LogP contribution in [0.5, 0.6) is 0 Å². The molecule has 2 heterocycles. The van der Waals surface area contributed by atoms with Gasteiger partial charge in [0, 0.05) is 24.7 Å². The van der Waals surface area contributed by atoms with Gasteiger partial charge < -0.3 is 10.0 Å². The number of nitrogens with zero attached hydrogens (tertiary/aromatic N) is 2. The van der Waals surface area contributed by atoms with Crippen molar-refractivity contribution >= 4 is 11.6 Å². The molecule has 1 aromatic carbocycles. The first-order valence-electron chi connectivity index (χ1n) is 7.61. The number of halogens is 2. The molecule has 3 rings (SSSR count). The standard InChI is InChI=1S/C16H20F2N2O2/c17-16(18)8-13(10-21)19(11-16)9-15(22)20-7-3-5-12-4-1-2-6-14(12)20/h1-2,4,6,13,21H,3,5,7-11H2. The minimum absolute atomic E-state index is 0.0743. The molecule has 0 saturated carbocycles. The van der Waals surface area contributed by atoms with Gasteiger partial charge in [-0.25, -0.2) is 8.78 Å². The molecule has 1 aromatic rings. The van der Waals surface area contributed by atoms with Gasteiger partial charge in [0.15, 0.2) is 0 Å². The van der Waals surface area contributed by atoms with Gasteiger partial charge in [-0.15, -0.1) is 0 Å². The van der Waals surface area contributed by atoms with E-state index in [-0.39, 0.29) is 25.5 Å². The largest absolute Gasteiger partial charge is 0.395 e. The third-order valence-corrected chi connectivity index (χ3v) is 4.45. The summed E-state index contributed by atoms with van der Waals surface area (Å²) in [6, 6.07) is 7.07. The first kappa shape index (κ1) is 15.4. The van der Waals surface area contributed by atoms with Crippen molar-refractivity contribution < 1.29 is 18.7 Å². The van der Waals surface area contributed by atoms with Crippen molar-refractivity contribution in [3.05, 3.63) is 29.8 Å². The zero-order valence-electron chi connectivity index (χ0n) is 12.3. The van der Waals surface area contributed by atoms with E-state index in [0.29, 0.717) is 6.54 Å². The molecule has 1 N–H and O–H groups in total. The molecule has 0 aromatic heterocycles. The molecule has 0 spiro atoms. The monoisotopic (exact) mass is 310 g/mol. The predicted octanol–water partition coefficient (Wildman–Crippen LogP) is 1.67. The number of para-hydroxylation sites is 1. The number of aliphatic hydroxyl groups is 1. The summed E-state index contributed by atoms with van der Waals surface area (Å²) >= 11 is 0. The molecule has 0 bridgehead atoms. The number of likely N-dealkylation sites (tertiary alicyclic amines) is 1. The third kappa shape index (κ3) is 2.98. The van der Waals surface area contributed by atoms with E-state index < -0.39 is 18.5 Å². The highest BCUT2D eigenvalue weighted by molar-refractivity contribution is 5.96. The van der Waals surface area contributed by atoms with E-state index in [1.165, 1.54) is 4.90 Å². The van der Waals surface area contributed by atoms with Crippen LogP contribution >= 0.6 is 0 Å². The summed E-state index contributed by atoms with van der Waals surface area (Å²) in [4.78, 5) is 15.6. The first-order valence-corrected chi connectivity index (χ1v) is 7.61. The second kappa shape index (κ2) is 5.93. The molecule has 1 fully saturated rings. The number of benzene rings is 1. The van der Waals surface area contributed by atoms with Crippen LogP contribution in [0.4, 0.5) is 14.5 Å². The van der Waals surface area contributed by atoms with Gasteiger partial charge in [0.05, 0.1) is 19.7 Å². The zero-order chi connectivity index (χ0) is 15.7. The van der Waals surface area contributed by atoms with Crippen molar-refractivity contribution in [3.8, 4) is 0 Å². The van der Waals surface area contributed by atoms with Gasteiger partial charge >= 0.3 is 0 Å². The minimum Gasteiger partial charge on any atom is -0.395 e. The summed E-state index contributed by atoms with van der Waals surface area (Å²) in [6.45, 7) is -0.266. The Bertz CT molecular complexity index is 565. The number of rotatable bonds is 3. The van der Waals surface area contributed by atoms with Gasteiger partial charge in [0.2, 0.25) is 5.91 Å². The van der Waals surface area contributed by atoms with Gasteiger partial charge in [-0.3, -0.25) is 9.69 Å². The van der Waals surface area contributed by atoms with Crippen LogP contribution in [0.2, 0.25) is 0 Å². The molecular weight excluding hydrogens is 290 g/mol. The van der Waals surface area contributed by atoms with Gasteiger partial charge in [0.25, 0.3) is 5.92 Å². The van der Waals surface area contributed by atoms with E-state index in [1.54, 1.807) is 4.90 Å². The van der Waals surface area contributed by atoms with Crippen molar-refractivity contribution in [2.45, 2.75) is 31.2 Å². The topological polar surface area (TPSA) is 43.8 Å². The number of fused-ring (bicyclic) bond motifs is 1. The molecule has 1 atom stereocenters. The SMILES string of the molecule is O=C(CN1CC(F)(F)CC1CO)N1CCCc2ccccc21. The Morgan fingerprint density at radius 1 is 1.36 bits per heavy atom. The zero-order valence-corrected chi connectivity index (χ0v) is 12.3. The van der Waals surface area contributed by atoms with E-state index in [9.17, 15) is 18.7 Å². The second-order valence-electron chi connectivity index (χ2n) is 6.08. The summed E-state index contributed by atoms with van der Waals surface area (Å²) in [7, 11) is 0. The number of alkyl halides is 2. The number of hydrogen-bond donors (Lipinski definition) is 1. The lowest BCUT2D eigenvalue weighted by atomic mass is 10.0. The molecule has 1 unspecified atom stereocenters. The molecule has 0 radical (unpaired) electrons. The van der Waals surface area contributed by atoms with Gasteiger partial charge in [-0.1, -0.05) is 18.2 Å². The molecular formula is C16H20F2N2O2. The quantitative estimate of drug-likeness (QED) is 0.923. The number of anilines is 1. The molecule has 2 aliphatic rings. The molecule has 1 saturated heterocycles. The summed E-state index contributed by atoms with van der Waals surface area (Å²) in [5, 5.41) is 9.25. The Morgan fingerprint density at radius 2 is 2.14 bits per heavy atom. The van der Waals surface area contributed by atoms with Gasteiger partial charge in [0.1, 0.15) is 0 Å². The molecule has 22 heavy (non-hydrogen) atoms. The Kier molecular flexibility index (Phi) is 4.14. The highest BCUT2D eigenvalue weighted by atomic mass is 19.3. The lowest BCUT2D eigenvalue weighted by molar-refractivity contribution is -0.120. The number of aryl methyl sites for hydroxylation is 1. The van der Waals surface area contributed by atoms with Crippen LogP contribution in [0.15, 0.2) is 24.3 Å². The van der Waals surface area contributed by atoms with E-state index >= 15 is 0 Å². The van der Waals surface area contributed by atoms with Crippen LogP contribution in [-0.2, 0) is 11.2 Å². The van der Waals surface area contributed by atoms with E-state index in [1.807, 2.05) is 24.3 Å². The molecule has 4 nitrogen and oxygen atoms in total. The number of amides is 1. The van der Waals surface area contributed by atoms with Gasteiger partial charge in [-0.05, 0) is 24.5 Å². The van der Waals surface area contributed by atoms with Crippen LogP contribution in [0.25, 0.3) is 0 Å². The Morgan fingerprint density at radius 3 is 2.91 bits per heavy atom. The fourth-order valence-corrected chi connectivity index (χ4v) is 3.38. The third-order valence-electron chi connectivity index (χ3n) is 4.45. The molecule has 6 heteroatoms. The molecule has 2 aliphatic heterocycles. The number of hydrogen-bond acceptors (Lipinski definition) is 3. The van der Waals surface area contributed by atoms with Crippen LogP contribution in [0, 0.1) is 0 Å². The van der Waals surface area contributed by atoms with Crippen molar-refractivity contribution in [3.63, 3.8) is 0 Å². The Hall–Kier alpha value is -1.53. The van der Waals surface area contributed by atoms with Crippen LogP contribution < -0.4 is 4.90 Å². The smallest absolute Gasteiger partial charge is 0.262 e. The molecule has 1 amide bonds. The molecule has 120 valence electrons. The summed E-state index contributed by atoms with van der Waals surface area (Å²) in [5.41, 5.74) is 2.00. The van der Waals surface area contributed by atoms with Crippen LogP contribution in [0.3, 0.4) is 0 Å². The highest BCUT2D eigenvalue weighted by Crippen LogP contribution is 2.32. The minimum atomic E-state index is -2.83. The van der Waals surface area contributed by atoms with Gasteiger partial charge in [-0.2, -0.15) is 0 Å². The maximum Gasteiger partial charge on any atom is 0.262 e. The Labute approximate surface area is 128 Å². The lowest BCUT2D eigenvalue weighted by Gasteiger charge is -2.31. The normalized spacial score (nSPS) is 24.3. The number of aliphatic hydroxyl groups excluding tert-OH is 1. The predicted molar refractivity (Wildman–Crippen MR) is 79.1 cm³/mol. The maximum absolute atomic E-state index is 13.5. The van der Waals surface area contributed by atoms with Crippen LogP contribution in [0.1, 0.15) is 18.4 Å². The summed E-state index contributed by atoms with van der Waals surface area (Å²) in [5.74, 6) is -3.00.